The van der Waals surface area contributed by atoms with Gasteiger partial charge < -0.3 is 20.1 Å². The van der Waals surface area contributed by atoms with Gasteiger partial charge in [-0.3, -0.25) is 4.79 Å². The number of hydrogen-bond donors (Lipinski definition) is 2. The van der Waals surface area contributed by atoms with E-state index in [1.165, 1.54) is 0 Å². The summed E-state index contributed by atoms with van der Waals surface area (Å²) in [6.45, 7) is 4.43. The zero-order valence-electron chi connectivity index (χ0n) is 11.2. The number of benzene rings is 1. The van der Waals surface area contributed by atoms with Crippen molar-refractivity contribution in [3.63, 3.8) is 0 Å². The zero-order chi connectivity index (χ0) is 13.5. The molecule has 5 nitrogen and oxygen atoms in total. The van der Waals surface area contributed by atoms with Gasteiger partial charge in [-0.05, 0) is 25.1 Å². The van der Waals surface area contributed by atoms with Crippen molar-refractivity contribution in [2.45, 2.75) is 19.8 Å². The van der Waals surface area contributed by atoms with E-state index in [-0.39, 0.29) is 5.91 Å². The van der Waals surface area contributed by atoms with E-state index in [0.29, 0.717) is 25.5 Å². The first-order valence-corrected chi connectivity index (χ1v) is 6.70. The Morgan fingerprint density at radius 2 is 2.05 bits per heavy atom. The number of fused-ring (bicyclic) bond motifs is 1. The smallest absolute Gasteiger partial charge is 0.238 e. The summed E-state index contributed by atoms with van der Waals surface area (Å²) >= 11 is 0. The van der Waals surface area contributed by atoms with Crippen LogP contribution in [0.1, 0.15) is 19.8 Å². The number of carbonyl (C=O) groups excluding carboxylic acids is 1. The monoisotopic (exact) mass is 264 g/mol. The second-order valence-electron chi connectivity index (χ2n) is 4.44. The number of anilines is 1. The average Bonchev–Trinajstić information content (AvgIpc) is 2.43. The first-order valence-electron chi connectivity index (χ1n) is 6.70. The summed E-state index contributed by atoms with van der Waals surface area (Å²) in [5, 5.41) is 5.93. The molecule has 1 heterocycles. The molecule has 0 fully saturated rings. The Hall–Kier alpha value is -1.75. The van der Waals surface area contributed by atoms with Crippen molar-refractivity contribution in [3.05, 3.63) is 18.2 Å². The van der Waals surface area contributed by atoms with E-state index >= 15 is 0 Å². The van der Waals surface area contributed by atoms with Crippen LogP contribution < -0.4 is 20.1 Å². The highest BCUT2D eigenvalue weighted by Gasteiger charge is 2.12. The highest BCUT2D eigenvalue weighted by molar-refractivity contribution is 5.92. The number of ether oxygens (including phenoxy) is 2. The van der Waals surface area contributed by atoms with Gasteiger partial charge in [-0.1, -0.05) is 13.3 Å². The van der Waals surface area contributed by atoms with Crippen LogP contribution in [0.4, 0.5) is 5.69 Å². The summed E-state index contributed by atoms with van der Waals surface area (Å²) in [6.07, 6.45) is 2.20. The van der Waals surface area contributed by atoms with Crippen LogP contribution >= 0.6 is 0 Å². The Morgan fingerprint density at radius 1 is 1.26 bits per heavy atom. The minimum Gasteiger partial charge on any atom is -0.486 e. The molecule has 0 saturated carbocycles. The van der Waals surface area contributed by atoms with Crippen LogP contribution in [-0.4, -0.2) is 32.2 Å². The third-order valence-corrected chi connectivity index (χ3v) is 2.82. The Balaban J connectivity index is 1.83. The molecule has 0 aliphatic carbocycles. The number of amides is 1. The van der Waals surface area contributed by atoms with Crippen molar-refractivity contribution in [3.8, 4) is 11.5 Å². The predicted molar refractivity (Wildman–Crippen MR) is 73.8 cm³/mol. The van der Waals surface area contributed by atoms with Gasteiger partial charge in [0.1, 0.15) is 13.2 Å². The molecule has 0 aromatic heterocycles. The molecule has 2 rings (SSSR count). The minimum atomic E-state index is -0.0484. The van der Waals surface area contributed by atoms with Crippen molar-refractivity contribution in [2.24, 2.45) is 0 Å². The Morgan fingerprint density at radius 3 is 2.84 bits per heavy atom. The lowest BCUT2D eigenvalue weighted by atomic mass is 10.2. The van der Waals surface area contributed by atoms with Crippen LogP contribution in [0.25, 0.3) is 0 Å². The van der Waals surface area contributed by atoms with Crippen molar-refractivity contribution in [1.82, 2.24) is 5.32 Å². The van der Waals surface area contributed by atoms with E-state index < -0.39 is 0 Å². The van der Waals surface area contributed by atoms with Crippen LogP contribution in [0.15, 0.2) is 18.2 Å². The summed E-state index contributed by atoms with van der Waals surface area (Å²) in [7, 11) is 0. The molecule has 0 spiro atoms. The van der Waals surface area contributed by atoms with Gasteiger partial charge in [-0.25, -0.2) is 0 Å². The fraction of sp³-hybridized carbons (Fsp3) is 0.500. The Kier molecular flexibility index (Phi) is 5.03. The SMILES string of the molecule is CCCCNCC(=O)Nc1ccc2c(c1)OCCO2. The Labute approximate surface area is 113 Å². The number of nitrogens with one attached hydrogen (secondary N) is 2. The fourth-order valence-electron chi connectivity index (χ4n) is 1.83. The molecule has 1 aliphatic heterocycles. The lowest BCUT2D eigenvalue weighted by Crippen LogP contribution is -2.28. The molecule has 2 N–H and O–H groups in total. The molecular formula is C14H20N2O3. The Bertz CT molecular complexity index is 435. The molecule has 104 valence electrons. The van der Waals surface area contributed by atoms with Crippen LogP contribution in [0.3, 0.4) is 0 Å². The highest BCUT2D eigenvalue weighted by Crippen LogP contribution is 2.32. The molecule has 19 heavy (non-hydrogen) atoms. The zero-order valence-corrected chi connectivity index (χ0v) is 11.2. The van der Waals surface area contributed by atoms with Gasteiger partial charge in [0.05, 0.1) is 6.54 Å². The molecule has 1 aromatic carbocycles. The molecule has 1 aromatic rings. The van der Waals surface area contributed by atoms with Gasteiger partial charge in [-0.15, -0.1) is 0 Å². The first kappa shape index (κ1) is 13.7. The van der Waals surface area contributed by atoms with Crippen LogP contribution in [0.5, 0.6) is 11.5 Å². The predicted octanol–water partition coefficient (Wildman–Crippen LogP) is 1.79. The summed E-state index contributed by atoms with van der Waals surface area (Å²) in [5.41, 5.74) is 0.728. The van der Waals surface area contributed by atoms with Gasteiger partial charge in [0.2, 0.25) is 5.91 Å². The van der Waals surface area contributed by atoms with E-state index in [9.17, 15) is 4.79 Å². The average molecular weight is 264 g/mol. The topological polar surface area (TPSA) is 59.6 Å². The molecule has 1 aliphatic rings. The third kappa shape index (κ3) is 4.13. The molecule has 0 saturated heterocycles. The van der Waals surface area contributed by atoms with Crippen molar-refractivity contribution >= 4 is 11.6 Å². The van der Waals surface area contributed by atoms with E-state index in [4.69, 9.17) is 9.47 Å². The number of hydrogen-bond acceptors (Lipinski definition) is 4. The largest absolute Gasteiger partial charge is 0.486 e. The van der Waals surface area contributed by atoms with Crippen LogP contribution in [-0.2, 0) is 4.79 Å². The van der Waals surface area contributed by atoms with Crippen molar-refractivity contribution < 1.29 is 14.3 Å². The molecule has 5 heteroatoms. The van der Waals surface area contributed by atoms with E-state index in [1.807, 2.05) is 12.1 Å². The van der Waals surface area contributed by atoms with Gasteiger partial charge in [0.25, 0.3) is 0 Å². The van der Waals surface area contributed by atoms with E-state index in [0.717, 1.165) is 30.8 Å². The second-order valence-corrected chi connectivity index (χ2v) is 4.44. The minimum absolute atomic E-state index is 0.0484. The van der Waals surface area contributed by atoms with Gasteiger partial charge in [0, 0.05) is 11.8 Å². The summed E-state index contributed by atoms with van der Waals surface area (Å²) in [6, 6.07) is 5.42. The maximum Gasteiger partial charge on any atom is 0.238 e. The lowest BCUT2D eigenvalue weighted by molar-refractivity contribution is -0.115. The van der Waals surface area contributed by atoms with Gasteiger partial charge in [-0.2, -0.15) is 0 Å². The van der Waals surface area contributed by atoms with Crippen LogP contribution in [0, 0.1) is 0 Å². The maximum atomic E-state index is 11.7. The van der Waals surface area contributed by atoms with Crippen molar-refractivity contribution in [2.75, 3.05) is 31.6 Å². The standard InChI is InChI=1S/C14H20N2O3/c1-2-3-6-15-10-14(17)16-11-4-5-12-13(9-11)19-8-7-18-12/h4-5,9,15H,2-3,6-8,10H2,1H3,(H,16,17). The van der Waals surface area contributed by atoms with Crippen LogP contribution in [0.2, 0.25) is 0 Å². The normalized spacial score (nSPS) is 13.1. The molecule has 0 atom stereocenters. The van der Waals surface area contributed by atoms with Crippen molar-refractivity contribution in [1.29, 1.82) is 0 Å². The number of rotatable bonds is 6. The molecule has 1 amide bonds. The maximum absolute atomic E-state index is 11.7. The lowest BCUT2D eigenvalue weighted by Gasteiger charge is -2.19. The number of unbranched alkanes of at least 4 members (excludes halogenated alkanes) is 1. The molecular weight excluding hydrogens is 244 g/mol. The third-order valence-electron chi connectivity index (χ3n) is 2.82. The fourth-order valence-corrected chi connectivity index (χ4v) is 1.83. The highest BCUT2D eigenvalue weighted by atomic mass is 16.6. The molecule has 0 radical (unpaired) electrons. The second kappa shape index (κ2) is 6.99. The summed E-state index contributed by atoms with van der Waals surface area (Å²) in [4.78, 5) is 11.7. The van der Waals surface area contributed by atoms with E-state index in [2.05, 4.69) is 17.6 Å². The first-order chi connectivity index (χ1) is 9.29. The summed E-state index contributed by atoms with van der Waals surface area (Å²) in [5.74, 6) is 1.36. The molecule has 0 bridgehead atoms. The molecule has 0 unspecified atom stereocenters. The van der Waals surface area contributed by atoms with Gasteiger partial charge >= 0.3 is 0 Å². The number of carbonyl (C=O) groups is 1. The quantitative estimate of drug-likeness (QED) is 0.769. The van der Waals surface area contributed by atoms with E-state index in [1.54, 1.807) is 6.07 Å². The summed E-state index contributed by atoms with van der Waals surface area (Å²) < 4.78 is 10.9. The van der Waals surface area contributed by atoms with Gasteiger partial charge in [0.15, 0.2) is 11.5 Å².